The molecule has 2 N–H and O–H groups in total. The zero-order chi connectivity index (χ0) is 13.5. The van der Waals surface area contributed by atoms with Gasteiger partial charge in [-0.05, 0) is 44.2 Å². The van der Waals surface area contributed by atoms with Gasteiger partial charge in [0.05, 0.1) is 5.54 Å². The maximum absolute atomic E-state index is 5.99. The van der Waals surface area contributed by atoms with Crippen LogP contribution < -0.4 is 5.73 Å². The summed E-state index contributed by atoms with van der Waals surface area (Å²) in [5.41, 5.74) is 8.28. The van der Waals surface area contributed by atoms with Crippen LogP contribution in [-0.2, 0) is 18.4 Å². The lowest BCUT2D eigenvalue weighted by Gasteiger charge is -2.21. The molecule has 3 rings (SSSR count). The molecule has 1 atom stereocenters. The minimum atomic E-state index is -0.547. The molecular weight excluding hydrogens is 238 g/mol. The molecule has 1 aromatic carbocycles. The molecule has 0 radical (unpaired) electrons. The third-order valence-corrected chi connectivity index (χ3v) is 3.71. The Morgan fingerprint density at radius 3 is 2.68 bits per heavy atom. The van der Waals surface area contributed by atoms with E-state index in [9.17, 15) is 0 Å². The highest BCUT2D eigenvalue weighted by atomic mass is 16.5. The van der Waals surface area contributed by atoms with Crippen molar-refractivity contribution in [2.75, 3.05) is 0 Å². The Kier molecular flexibility index (Phi) is 2.90. The first kappa shape index (κ1) is 12.4. The van der Waals surface area contributed by atoms with Crippen LogP contribution in [0.5, 0.6) is 0 Å². The van der Waals surface area contributed by atoms with Crippen molar-refractivity contribution in [3.63, 3.8) is 0 Å². The van der Waals surface area contributed by atoms with E-state index in [1.807, 2.05) is 13.8 Å². The van der Waals surface area contributed by atoms with Crippen molar-refractivity contribution in [1.82, 2.24) is 10.1 Å². The van der Waals surface area contributed by atoms with Gasteiger partial charge in [0, 0.05) is 5.92 Å². The van der Waals surface area contributed by atoms with E-state index in [4.69, 9.17) is 10.3 Å². The first-order valence-corrected chi connectivity index (χ1v) is 6.74. The SMILES string of the molecule is CC(C)(N)c1noc(C2CCc3ccccc3C2)n1. The normalized spacial score (nSPS) is 19.2. The Labute approximate surface area is 113 Å². The second-order valence-electron chi connectivity index (χ2n) is 5.89. The number of rotatable bonds is 2. The number of nitrogens with zero attached hydrogens (tertiary/aromatic N) is 2. The highest BCUT2D eigenvalue weighted by Crippen LogP contribution is 2.32. The molecule has 0 saturated carbocycles. The summed E-state index contributed by atoms with van der Waals surface area (Å²) in [7, 11) is 0. The molecule has 4 nitrogen and oxygen atoms in total. The summed E-state index contributed by atoms with van der Waals surface area (Å²) in [6, 6.07) is 8.57. The van der Waals surface area contributed by atoms with E-state index >= 15 is 0 Å². The number of aromatic nitrogens is 2. The maximum atomic E-state index is 5.99. The fourth-order valence-electron chi connectivity index (χ4n) is 2.57. The largest absolute Gasteiger partial charge is 0.339 e. The van der Waals surface area contributed by atoms with E-state index in [0.29, 0.717) is 11.7 Å². The van der Waals surface area contributed by atoms with E-state index in [-0.39, 0.29) is 0 Å². The third-order valence-electron chi connectivity index (χ3n) is 3.71. The van der Waals surface area contributed by atoms with Crippen molar-refractivity contribution in [3.05, 3.63) is 47.1 Å². The molecule has 0 amide bonds. The van der Waals surface area contributed by atoms with E-state index in [1.54, 1.807) is 0 Å². The molecule has 0 bridgehead atoms. The van der Waals surface area contributed by atoms with Crippen LogP contribution >= 0.6 is 0 Å². The molecule has 1 aliphatic rings. The van der Waals surface area contributed by atoms with Crippen molar-refractivity contribution in [3.8, 4) is 0 Å². The third kappa shape index (κ3) is 2.40. The Morgan fingerprint density at radius 2 is 2.00 bits per heavy atom. The van der Waals surface area contributed by atoms with Gasteiger partial charge in [0.15, 0.2) is 5.82 Å². The summed E-state index contributed by atoms with van der Waals surface area (Å²) < 4.78 is 5.40. The highest BCUT2D eigenvalue weighted by Gasteiger charge is 2.27. The van der Waals surface area contributed by atoms with Crippen LogP contribution in [0.2, 0.25) is 0 Å². The van der Waals surface area contributed by atoms with Gasteiger partial charge in [-0.3, -0.25) is 0 Å². The van der Waals surface area contributed by atoms with E-state index in [1.165, 1.54) is 11.1 Å². The fourth-order valence-corrected chi connectivity index (χ4v) is 2.57. The molecule has 0 saturated heterocycles. The van der Waals surface area contributed by atoms with Crippen LogP contribution in [-0.4, -0.2) is 10.1 Å². The van der Waals surface area contributed by atoms with Gasteiger partial charge in [-0.2, -0.15) is 4.98 Å². The quantitative estimate of drug-likeness (QED) is 0.898. The van der Waals surface area contributed by atoms with Gasteiger partial charge in [-0.1, -0.05) is 29.4 Å². The number of nitrogens with two attached hydrogens (primary N) is 1. The topological polar surface area (TPSA) is 64.9 Å². The van der Waals surface area contributed by atoms with E-state index in [2.05, 4.69) is 34.4 Å². The van der Waals surface area contributed by atoms with Gasteiger partial charge >= 0.3 is 0 Å². The predicted molar refractivity (Wildman–Crippen MR) is 72.7 cm³/mol. The van der Waals surface area contributed by atoms with E-state index < -0.39 is 5.54 Å². The Bertz CT molecular complexity index is 583. The maximum Gasteiger partial charge on any atom is 0.230 e. The average Bonchev–Trinajstić information content (AvgIpc) is 2.87. The summed E-state index contributed by atoms with van der Waals surface area (Å²) in [5.74, 6) is 1.63. The van der Waals surface area contributed by atoms with Crippen molar-refractivity contribution >= 4 is 0 Å². The summed E-state index contributed by atoms with van der Waals surface area (Å²) in [6.07, 6.45) is 3.11. The number of fused-ring (bicyclic) bond motifs is 1. The van der Waals surface area contributed by atoms with E-state index in [0.717, 1.165) is 25.2 Å². The minimum absolute atomic E-state index is 0.318. The van der Waals surface area contributed by atoms with Gasteiger partial charge in [0.25, 0.3) is 0 Å². The molecule has 0 spiro atoms. The number of hydrogen-bond acceptors (Lipinski definition) is 4. The Hall–Kier alpha value is -1.68. The van der Waals surface area contributed by atoms with Crippen molar-refractivity contribution in [1.29, 1.82) is 0 Å². The summed E-state index contributed by atoms with van der Waals surface area (Å²) in [5, 5.41) is 4.01. The van der Waals surface area contributed by atoms with Gasteiger partial charge in [-0.25, -0.2) is 0 Å². The van der Waals surface area contributed by atoms with Gasteiger partial charge in [0.2, 0.25) is 5.89 Å². The van der Waals surface area contributed by atoms with Gasteiger partial charge in [0.1, 0.15) is 0 Å². The van der Waals surface area contributed by atoms with Crippen LogP contribution in [0.1, 0.15) is 49.0 Å². The molecule has 0 fully saturated rings. The van der Waals surface area contributed by atoms with Crippen LogP contribution in [0, 0.1) is 0 Å². The molecule has 2 aromatic rings. The number of aryl methyl sites for hydroxylation is 1. The molecule has 19 heavy (non-hydrogen) atoms. The van der Waals surface area contributed by atoms with Crippen LogP contribution in [0.15, 0.2) is 28.8 Å². The molecule has 4 heteroatoms. The van der Waals surface area contributed by atoms with Crippen molar-refractivity contribution < 1.29 is 4.52 Å². The van der Waals surface area contributed by atoms with Crippen LogP contribution in [0.25, 0.3) is 0 Å². The second kappa shape index (κ2) is 4.46. The van der Waals surface area contributed by atoms with Crippen LogP contribution in [0.3, 0.4) is 0 Å². The lowest BCUT2D eigenvalue weighted by atomic mass is 9.84. The lowest BCUT2D eigenvalue weighted by molar-refractivity contribution is 0.331. The average molecular weight is 257 g/mol. The Morgan fingerprint density at radius 1 is 1.26 bits per heavy atom. The summed E-state index contributed by atoms with van der Waals surface area (Å²) >= 11 is 0. The molecular formula is C15H19N3O. The number of hydrogen-bond donors (Lipinski definition) is 1. The second-order valence-corrected chi connectivity index (χ2v) is 5.89. The zero-order valence-corrected chi connectivity index (χ0v) is 11.4. The molecule has 100 valence electrons. The van der Waals surface area contributed by atoms with Crippen LogP contribution in [0.4, 0.5) is 0 Å². The Balaban J connectivity index is 1.83. The lowest BCUT2D eigenvalue weighted by Crippen LogP contribution is -2.30. The number of benzene rings is 1. The van der Waals surface area contributed by atoms with Crippen molar-refractivity contribution in [2.24, 2.45) is 5.73 Å². The first-order chi connectivity index (χ1) is 9.04. The van der Waals surface area contributed by atoms with Gasteiger partial charge < -0.3 is 10.3 Å². The molecule has 1 heterocycles. The predicted octanol–water partition coefficient (Wildman–Crippen LogP) is 2.54. The summed E-state index contributed by atoms with van der Waals surface area (Å²) in [4.78, 5) is 4.48. The fraction of sp³-hybridized carbons (Fsp3) is 0.467. The molecule has 1 aliphatic carbocycles. The zero-order valence-electron chi connectivity index (χ0n) is 11.4. The molecule has 1 aromatic heterocycles. The molecule has 0 aliphatic heterocycles. The standard InChI is InChI=1S/C15H19N3O/c1-15(2,16)14-17-13(19-18-14)12-8-7-10-5-3-4-6-11(10)9-12/h3-6,12H,7-9,16H2,1-2H3. The monoisotopic (exact) mass is 257 g/mol. The highest BCUT2D eigenvalue weighted by molar-refractivity contribution is 5.31. The minimum Gasteiger partial charge on any atom is -0.339 e. The smallest absolute Gasteiger partial charge is 0.230 e. The molecule has 1 unspecified atom stereocenters. The first-order valence-electron chi connectivity index (χ1n) is 6.74. The van der Waals surface area contributed by atoms with Crippen molar-refractivity contribution in [2.45, 2.75) is 44.6 Å². The van der Waals surface area contributed by atoms with Gasteiger partial charge in [-0.15, -0.1) is 0 Å². The summed E-state index contributed by atoms with van der Waals surface area (Å²) in [6.45, 7) is 3.77.